The summed E-state index contributed by atoms with van der Waals surface area (Å²) in [5.74, 6) is -0.477. The normalized spacial score (nSPS) is 18.3. The van der Waals surface area contributed by atoms with Crippen LogP contribution in [0.1, 0.15) is 18.5 Å². The number of hydrogen-bond acceptors (Lipinski definition) is 4. The number of hydrogen-bond donors (Lipinski definition) is 3. The Kier molecular flexibility index (Phi) is 4.37. The van der Waals surface area contributed by atoms with Gasteiger partial charge in [0.05, 0.1) is 18.2 Å². The zero-order valence-corrected chi connectivity index (χ0v) is 11.2. The molecule has 2 amide bonds. The topological polar surface area (TPSA) is 93.4 Å². The van der Waals surface area contributed by atoms with Gasteiger partial charge in [-0.25, -0.2) is 9.59 Å². The molecule has 1 heterocycles. The summed E-state index contributed by atoms with van der Waals surface area (Å²) in [5.41, 5.74) is 7.16. The van der Waals surface area contributed by atoms with Crippen LogP contribution in [0.2, 0.25) is 0 Å². The zero-order valence-electron chi connectivity index (χ0n) is 11.2. The van der Waals surface area contributed by atoms with Crippen molar-refractivity contribution in [3.8, 4) is 0 Å². The van der Waals surface area contributed by atoms with Crippen LogP contribution in [0.25, 0.3) is 0 Å². The highest BCUT2D eigenvalue weighted by atomic mass is 16.5. The second kappa shape index (κ2) is 6.21. The van der Waals surface area contributed by atoms with Gasteiger partial charge >= 0.3 is 12.0 Å². The molecule has 1 aliphatic rings. The predicted molar refractivity (Wildman–Crippen MR) is 73.6 cm³/mol. The van der Waals surface area contributed by atoms with Crippen LogP contribution in [0.15, 0.2) is 41.6 Å². The molecule has 6 heteroatoms. The Labute approximate surface area is 117 Å². The first kappa shape index (κ1) is 14.1. The molecule has 0 saturated carbocycles. The molecule has 1 unspecified atom stereocenters. The third-order valence-electron chi connectivity index (χ3n) is 2.99. The largest absolute Gasteiger partial charge is 0.463 e. The molecule has 4 N–H and O–H groups in total. The SMILES string of the molecule is CCOC(=O)C1=C(CN)NC(=O)NC1c1ccccc1. The minimum absolute atomic E-state index is 0.0604. The average Bonchev–Trinajstić information content (AvgIpc) is 2.47. The Morgan fingerprint density at radius 2 is 2.05 bits per heavy atom. The monoisotopic (exact) mass is 275 g/mol. The smallest absolute Gasteiger partial charge is 0.338 e. The number of carbonyl (C=O) groups excluding carboxylic acids is 2. The molecule has 1 atom stereocenters. The number of nitrogens with one attached hydrogen (secondary N) is 2. The van der Waals surface area contributed by atoms with Crippen molar-refractivity contribution in [1.82, 2.24) is 10.6 Å². The van der Waals surface area contributed by atoms with Crippen molar-refractivity contribution >= 4 is 12.0 Å². The van der Waals surface area contributed by atoms with Crippen molar-refractivity contribution in [2.45, 2.75) is 13.0 Å². The number of urea groups is 1. The first-order valence-electron chi connectivity index (χ1n) is 6.40. The molecular weight excluding hydrogens is 258 g/mol. The lowest BCUT2D eigenvalue weighted by molar-refractivity contribution is -0.139. The van der Waals surface area contributed by atoms with Crippen LogP contribution in [0.5, 0.6) is 0 Å². The van der Waals surface area contributed by atoms with E-state index in [2.05, 4.69) is 10.6 Å². The van der Waals surface area contributed by atoms with Gasteiger partial charge < -0.3 is 21.1 Å². The van der Waals surface area contributed by atoms with Gasteiger partial charge in [0.25, 0.3) is 0 Å². The summed E-state index contributed by atoms with van der Waals surface area (Å²) >= 11 is 0. The first-order valence-corrected chi connectivity index (χ1v) is 6.40. The number of amides is 2. The minimum atomic E-state index is -0.553. The summed E-state index contributed by atoms with van der Waals surface area (Å²) in [7, 11) is 0. The van der Waals surface area contributed by atoms with Crippen LogP contribution in [0.4, 0.5) is 4.79 Å². The third kappa shape index (κ3) is 2.80. The summed E-state index contributed by atoms with van der Waals surface area (Å²) < 4.78 is 5.06. The van der Waals surface area contributed by atoms with Crippen LogP contribution >= 0.6 is 0 Å². The molecule has 0 aliphatic carbocycles. The van der Waals surface area contributed by atoms with Crippen molar-refractivity contribution in [3.63, 3.8) is 0 Å². The van der Waals surface area contributed by atoms with Gasteiger partial charge in [-0.05, 0) is 12.5 Å². The summed E-state index contributed by atoms with van der Waals surface area (Å²) in [4.78, 5) is 23.8. The highest BCUT2D eigenvalue weighted by Gasteiger charge is 2.32. The molecule has 1 aromatic rings. The molecule has 0 bridgehead atoms. The molecule has 20 heavy (non-hydrogen) atoms. The summed E-state index contributed by atoms with van der Waals surface area (Å²) in [6, 6.07) is 8.29. The molecule has 6 nitrogen and oxygen atoms in total. The number of benzene rings is 1. The minimum Gasteiger partial charge on any atom is -0.463 e. The highest BCUT2D eigenvalue weighted by Crippen LogP contribution is 2.27. The maximum Gasteiger partial charge on any atom is 0.338 e. The van der Waals surface area contributed by atoms with Crippen LogP contribution in [0, 0.1) is 0 Å². The lowest BCUT2D eigenvalue weighted by Crippen LogP contribution is -2.47. The molecule has 0 radical (unpaired) electrons. The average molecular weight is 275 g/mol. The van der Waals surface area contributed by atoms with Gasteiger partial charge in [0, 0.05) is 12.2 Å². The van der Waals surface area contributed by atoms with Crippen molar-refractivity contribution in [2.75, 3.05) is 13.2 Å². The number of carbonyl (C=O) groups is 2. The van der Waals surface area contributed by atoms with Crippen molar-refractivity contribution in [1.29, 1.82) is 0 Å². The van der Waals surface area contributed by atoms with Gasteiger partial charge in [-0.15, -0.1) is 0 Å². The van der Waals surface area contributed by atoms with E-state index in [0.29, 0.717) is 11.3 Å². The lowest BCUT2D eigenvalue weighted by Gasteiger charge is -2.28. The Morgan fingerprint density at radius 3 is 2.65 bits per heavy atom. The fraction of sp³-hybridized carbons (Fsp3) is 0.286. The quantitative estimate of drug-likeness (QED) is 0.709. The Bertz CT molecular complexity index is 540. The van der Waals surface area contributed by atoms with E-state index in [1.54, 1.807) is 6.92 Å². The highest BCUT2D eigenvalue weighted by molar-refractivity contribution is 5.95. The zero-order chi connectivity index (χ0) is 14.5. The number of rotatable bonds is 4. The summed E-state index contributed by atoms with van der Waals surface area (Å²) in [5, 5.41) is 5.28. The van der Waals surface area contributed by atoms with E-state index < -0.39 is 12.0 Å². The van der Waals surface area contributed by atoms with Crippen LogP contribution in [0.3, 0.4) is 0 Å². The number of ether oxygens (including phenoxy) is 1. The van der Waals surface area contributed by atoms with Crippen molar-refractivity contribution in [2.24, 2.45) is 5.73 Å². The molecule has 0 spiro atoms. The molecule has 0 fully saturated rings. The van der Waals surface area contributed by atoms with Crippen LogP contribution in [-0.4, -0.2) is 25.2 Å². The van der Waals surface area contributed by atoms with Gasteiger partial charge in [0.2, 0.25) is 0 Å². The van der Waals surface area contributed by atoms with E-state index >= 15 is 0 Å². The van der Waals surface area contributed by atoms with Gasteiger partial charge in [-0.3, -0.25) is 0 Å². The Hall–Kier alpha value is -2.34. The fourth-order valence-corrected chi connectivity index (χ4v) is 2.12. The van der Waals surface area contributed by atoms with E-state index in [0.717, 1.165) is 5.56 Å². The van der Waals surface area contributed by atoms with Crippen LogP contribution < -0.4 is 16.4 Å². The van der Waals surface area contributed by atoms with Gasteiger partial charge in [0.1, 0.15) is 0 Å². The van der Waals surface area contributed by atoms with Gasteiger partial charge in [0.15, 0.2) is 0 Å². The molecule has 0 aromatic heterocycles. The third-order valence-corrected chi connectivity index (χ3v) is 2.99. The molecule has 1 aromatic carbocycles. The summed E-state index contributed by atoms with van der Waals surface area (Å²) in [6.07, 6.45) is 0. The fourth-order valence-electron chi connectivity index (χ4n) is 2.12. The van der Waals surface area contributed by atoms with Crippen molar-refractivity contribution in [3.05, 3.63) is 47.2 Å². The Balaban J connectivity index is 2.46. The van der Waals surface area contributed by atoms with E-state index in [1.165, 1.54) is 0 Å². The maximum absolute atomic E-state index is 12.1. The molecule has 2 rings (SSSR count). The van der Waals surface area contributed by atoms with E-state index in [4.69, 9.17) is 10.5 Å². The predicted octanol–water partition coefficient (Wildman–Crippen LogP) is 0.816. The van der Waals surface area contributed by atoms with E-state index in [9.17, 15) is 9.59 Å². The van der Waals surface area contributed by atoms with E-state index in [-0.39, 0.29) is 19.2 Å². The number of nitrogens with two attached hydrogens (primary N) is 1. The first-order chi connectivity index (χ1) is 9.67. The molecule has 106 valence electrons. The standard InChI is InChI=1S/C14H17N3O3/c1-2-20-13(18)11-10(8-15)16-14(19)17-12(11)9-6-4-3-5-7-9/h3-7,12H,2,8,15H2,1H3,(H2,16,17,19). The summed E-state index contributed by atoms with van der Waals surface area (Å²) in [6.45, 7) is 2.05. The second-order valence-corrected chi connectivity index (χ2v) is 4.26. The second-order valence-electron chi connectivity index (χ2n) is 4.26. The van der Waals surface area contributed by atoms with Crippen LogP contribution in [-0.2, 0) is 9.53 Å². The molecular formula is C14H17N3O3. The lowest BCUT2D eigenvalue weighted by atomic mass is 9.95. The molecule has 0 saturated heterocycles. The maximum atomic E-state index is 12.1. The molecule has 1 aliphatic heterocycles. The van der Waals surface area contributed by atoms with Crippen molar-refractivity contribution < 1.29 is 14.3 Å². The Morgan fingerprint density at radius 1 is 1.35 bits per heavy atom. The van der Waals surface area contributed by atoms with Gasteiger partial charge in [-0.1, -0.05) is 30.3 Å². The number of esters is 1. The van der Waals surface area contributed by atoms with Gasteiger partial charge in [-0.2, -0.15) is 0 Å². The van der Waals surface area contributed by atoms with E-state index in [1.807, 2.05) is 30.3 Å².